The summed E-state index contributed by atoms with van der Waals surface area (Å²) in [6, 6.07) is 10.4. The number of carbonyl (C=O) groups excluding carboxylic acids is 1. The number of aldehydes is 1. The van der Waals surface area contributed by atoms with Crippen LogP contribution in [0.3, 0.4) is 0 Å². The topological polar surface area (TPSA) is 72.2 Å². The molecule has 5 heteroatoms. The molecule has 0 aliphatic heterocycles. The van der Waals surface area contributed by atoms with Crippen molar-refractivity contribution in [1.82, 2.24) is 5.32 Å². The van der Waals surface area contributed by atoms with E-state index in [-0.39, 0.29) is 5.69 Å². The molecule has 0 aliphatic rings. The second-order valence-electron chi connectivity index (χ2n) is 4.54. The van der Waals surface area contributed by atoms with Crippen LogP contribution in [0.25, 0.3) is 10.8 Å². The number of hydrogen-bond acceptors (Lipinski definition) is 4. The predicted octanol–water partition coefficient (Wildman–Crippen LogP) is 3.17. The first-order valence-corrected chi connectivity index (χ1v) is 6.29. The average Bonchev–Trinajstić information content (AvgIpc) is 2.46. The van der Waals surface area contributed by atoms with Crippen molar-refractivity contribution in [3.8, 4) is 0 Å². The molecule has 0 radical (unpaired) electrons. The SMILES string of the molecule is CNC(C)C.O=Cc1cccc2cccc([N+](=O)[O-])c12. The van der Waals surface area contributed by atoms with Gasteiger partial charge >= 0.3 is 0 Å². The summed E-state index contributed by atoms with van der Waals surface area (Å²) in [5, 5.41) is 14.9. The van der Waals surface area contributed by atoms with E-state index in [1.165, 1.54) is 6.07 Å². The third kappa shape index (κ3) is 3.86. The zero-order chi connectivity index (χ0) is 15.1. The van der Waals surface area contributed by atoms with Crippen molar-refractivity contribution in [1.29, 1.82) is 0 Å². The van der Waals surface area contributed by atoms with Gasteiger partial charge in [0.2, 0.25) is 0 Å². The minimum atomic E-state index is -0.477. The number of nitro groups is 1. The van der Waals surface area contributed by atoms with Gasteiger partial charge in [0.25, 0.3) is 5.69 Å². The zero-order valence-corrected chi connectivity index (χ0v) is 11.8. The lowest BCUT2D eigenvalue weighted by Crippen LogP contribution is -2.15. The number of fused-ring (bicyclic) bond motifs is 1. The molecule has 0 bridgehead atoms. The minimum absolute atomic E-state index is 0.0322. The number of non-ortho nitro benzene ring substituents is 1. The maximum absolute atomic E-state index is 10.8. The summed E-state index contributed by atoms with van der Waals surface area (Å²) < 4.78 is 0. The molecule has 0 amide bonds. The van der Waals surface area contributed by atoms with E-state index < -0.39 is 4.92 Å². The smallest absolute Gasteiger partial charge is 0.277 e. The summed E-state index contributed by atoms with van der Waals surface area (Å²) in [4.78, 5) is 21.1. The van der Waals surface area contributed by atoms with Gasteiger partial charge in [-0.1, -0.05) is 44.2 Å². The summed E-state index contributed by atoms with van der Waals surface area (Å²) >= 11 is 0. The molecule has 5 nitrogen and oxygen atoms in total. The Balaban J connectivity index is 0.000000347. The second kappa shape index (κ2) is 7.35. The second-order valence-corrected chi connectivity index (χ2v) is 4.54. The van der Waals surface area contributed by atoms with E-state index in [2.05, 4.69) is 19.2 Å². The van der Waals surface area contributed by atoms with Gasteiger partial charge in [0, 0.05) is 17.7 Å². The van der Waals surface area contributed by atoms with E-state index in [0.717, 1.165) is 0 Å². The first-order chi connectivity index (χ1) is 9.51. The quantitative estimate of drug-likeness (QED) is 0.530. The summed E-state index contributed by atoms with van der Waals surface area (Å²) in [7, 11) is 1.95. The van der Waals surface area contributed by atoms with E-state index in [1.54, 1.807) is 30.3 Å². The van der Waals surface area contributed by atoms with Crippen molar-refractivity contribution < 1.29 is 9.72 Å². The van der Waals surface area contributed by atoms with Crippen molar-refractivity contribution in [2.24, 2.45) is 0 Å². The Morgan fingerprint density at radius 1 is 1.20 bits per heavy atom. The highest BCUT2D eigenvalue weighted by Gasteiger charge is 2.13. The van der Waals surface area contributed by atoms with Crippen LogP contribution in [-0.4, -0.2) is 24.3 Å². The van der Waals surface area contributed by atoms with Gasteiger partial charge in [-0.3, -0.25) is 14.9 Å². The lowest BCUT2D eigenvalue weighted by molar-refractivity contribution is -0.383. The Morgan fingerprint density at radius 3 is 2.20 bits per heavy atom. The lowest BCUT2D eigenvalue weighted by Gasteiger charge is -2.01. The number of hydrogen-bond donors (Lipinski definition) is 1. The number of rotatable bonds is 3. The van der Waals surface area contributed by atoms with Crippen LogP contribution in [0.1, 0.15) is 24.2 Å². The van der Waals surface area contributed by atoms with E-state index in [4.69, 9.17) is 0 Å². The molecule has 0 fully saturated rings. The minimum Gasteiger partial charge on any atom is -0.318 e. The Kier molecular flexibility index (Phi) is 5.80. The third-order valence-corrected chi connectivity index (χ3v) is 2.82. The van der Waals surface area contributed by atoms with Crippen molar-refractivity contribution in [2.75, 3.05) is 7.05 Å². The van der Waals surface area contributed by atoms with Crippen LogP contribution >= 0.6 is 0 Å². The highest BCUT2D eigenvalue weighted by molar-refractivity contribution is 6.03. The Hall–Kier alpha value is -2.27. The molecule has 0 heterocycles. The lowest BCUT2D eigenvalue weighted by atomic mass is 10.0. The number of nitrogens with one attached hydrogen (secondary N) is 1. The van der Waals surface area contributed by atoms with Crippen molar-refractivity contribution in [2.45, 2.75) is 19.9 Å². The van der Waals surface area contributed by atoms with E-state index >= 15 is 0 Å². The molecule has 0 aromatic heterocycles. The van der Waals surface area contributed by atoms with Gasteiger partial charge in [-0.25, -0.2) is 0 Å². The average molecular weight is 274 g/mol. The summed E-state index contributed by atoms with van der Waals surface area (Å²) in [6.07, 6.45) is 0.634. The monoisotopic (exact) mass is 274 g/mol. The Morgan fingerprint density at radius 2 is 1.75 bits per heavy atom. The molecular weight excluding hydrogens is 256 g/mol. The van der Waals surface area contributed by atoms with Gasteiger partial charge in [-0.05, 0) is 12.4 Å². The van der Waals surface area contributed by atoms with Crippen LogP contribution in [0.15, 0.2) is 36.4 Å². The first-order valence-electron chi connectivity index (χ1n) is 6.29. The summed E-state index contributed by atoms with van der Waals surface area (Å²) in [6.45, 7) is 4.22. The van der Waals surface area contributed by atoms with Gasteiger partial charge < -0.3 is 5.32 Å². The van der Waals surface area contributed by atoms with Crippen molar-refractivity contribution in [3.05, 3.63) is 52.1 Å². The predicted molar refractivity (Wildman–Crippen MR) is 80.2 cm³/mol. The first kappa shape index (κ1) is 15.8. The largest absolute Gasteiger partial charge is 0.318 e. The maximum Gasteiger partial charge on any atom is 0.277 e. The van der Waals surface area contributed by atoms with Crippen LogP contribution in [0.2, 0.25) is 0 Å². The van der Waals surface area contributed by atoms with Gasteiger partial charge in [0.1, 0.15) is 0 Å². The molecular formula is C15H18N2O3. The van der Waals surface area contributed by atoms with Crippen molar-refractivity contribution in [3.63, 3.8) is 0 Å². The zero-order valence-electron chi connectivity index (χ0n) is 11.8. The number of benzene rings is 2. The fourth-order valence-corrected chi connectivity index (χ4v) is 1.60. The summed E-state index contributed by atoms with van der Waals surface area (Å²) in [5.41, 5.74) is 0.315. The number of nitrogens with zero attached hydrogens (tertiary/aromatic N) is 1. The van der Waals surface area contributed by atoms with E-state index in [9.17, 15) is 14.9 Å². The molecule has 0 unspecified atom stereocenters. The summed E-state index contributed by atoms with van der Waals surface area (Å²) in [5.74, 6) is 0. The van der Waals surface area contributed by atoms with Gasteiger partial charge in [-0.2, -0.15) is 0 Å². The van der Waals surface area contributed by atoms with Crippen LogP contribution in [-0.2, 0) is 0 Å². The third-order valence-electron chi connectivity index (χ3n) is 2.82. The fraction of sp³-hybridized carbons (Fsp3) is 0.267. The van der Waals surface area contributed by atoms with Gasteiger partial charge in [-0.15, -0.1) is 0 Å². The highest BCUT2D eigenvalue weighted by atomic mass is 16.6. The van der Waals surface area contributed by atoms with E-state index in [0.29, 0.717) is 28.7 Å². The molecule has 106 valence electrons. The van der Waals surface area contributed by atoms with Crippen LogP contribution in [0, 0.1) is 10.1 Å². The molecule has 2 aromatic rings. The Labute approximate surface area is 117 Å². The fourth-order valence-electron chi connectivity index (χ4n) is 1.60. The molecule has 0 saturated carbocycles. The number of nitro benzene ring substituents is 1. The Bertz CT molecular complexity index is 604. The van der Waals surface area contributed by atoms with Crippen LogP contribution in [0.4, 0.5) is 5.69 Å². The highest BCUT2D eigenvalue weighted by Crippen LogP contribution is 2.27. The van der Waals surface area contributed by atoms with Gasteiger partial charge in [0.05, 0.1) is 10.3 Å². The molecule has 0 aliphatic carbocycles. The molecule has 20 heavy (non-hydrogen) atoms. The standard InChI is InChI=1S/C11H7NO3.C4H11N/c13-7-9-5-1-3-8-4-2-6-10(11(8)9)12(14)15;1-4(2)5-3/h1-7H;4-5H,1-3H3. The molecule has 0 saturated heterocycles. The molecule has 2 aromatic carbocycles. The molecule has 0 spiro atoms. The molecule has 2 rings (SSSR count). The van der Waals surface area contributed by atoms with E-state index in [1.807, 2.05) is 7.05 Å². The van der Waals surface area contributed by atoms with Crippen LogP contribution < -0.4 is 5.32 Å². The normalized spacial score (nSPS) is 10.0. The van der Waals surface area contributed by atoms with Gasteiger partial charge in [0.15, 0.2) is 6.29 Å². The molecule has 0 atom stereocenters. The maximum atomic E-state index is 10.8. The van der Waals surface area contributed by atoms with Crippen LogP contribution in [0.5, 0.6) is 0 Å². The molecule has 1 N–H and O–H groups in total. The van der Waals surface area contributed by atoms with Crippen molar-refractivity contribution >= 4 is 22.7 Å². The number of carbonyl (C=O) groups is 1.